The predicted molar refractivity (Wildman–Crippen MR) is 87.9 cm³/mol. The summed E-state index contributed by atoms with van der Waals surface area (Å²) >= 11 is 0. The third-order valence-corrected chi connectivity index (χ3v) is 5.25. The van der Waals surface area contributed by atoms with Gasteiger partial charge in [0, 0.05) is 62.2 Å². The molecule has 0 aromatic carbocycles. The number of rotatable bonds is 1. The Morgan fingerprint density at radius 1 is 1.33 bits per heavy atom. The second-order valence-corrected chi connectivity index (χ2v) is 6.58. The number of primary amides is 1. The van der Waals surface area contributed by atoms with Crippen molar-refractivity contribution in [1.82, 2.24) is 9.88 Å². The summed E-state index contributed by atoms with van der Waals surface area (Å²) in [5.74, 6) is 0.430. The number of hydrogen-bond donors (Lipinski definition) is 1. The molecule has 2 amide bonds. The topological polar surface area (TPSA) is 85.5 Å². The number of pyridine rings is 1. The van der Waals surface area contributed by atoms with Gasteiger partial charge >= 0.3 is 0 Å². The average molecular weight is 325 g/mol. The van der Waals surface area contributed by atoms with Crippen LogP contribution < -0.4 is 10.5 Å². The molecule has 0 bridgehead atoms. The van der Waals surface area contributed by atoms with Crippen LogP contribution in [0.3, 0.4) is 0 Å². The van der Waals surface area contributed by atoms with Crippen LogP contribution >= 0.6 is 0 Å². The van der Waals surface area contributed by atoms with E-state index in [0.717, 1.165) is 22.5 Å². The van der Waals surface area contributed by atoms with E-state index in [0.29, 0.717) is 37.9 Å². The summed E-state index contributed by atoms with van der Waals surface area (Å²) in [6.45, 7) is 2.87. The van der Waals surface area contributed by atoms with Gasteiger partial charge in [0.15, 0.2) is 0 Å². The van der Waals surface area contributed by atoms with Gasteiger partial charge in [0.1, 0.15) is 11.4 Å². The summed E-state index contributed by atoms with van der Waals surface area (Å²) in [6, 6.07) is 1.92. The van der Waals surface area contributed by atoms with Crippen LogP contribution in [0.4, 0.5) is 0 Å². The number of likely N-dealkylation sites (tertiary alicyclic amines) is 1. The highest BCUT2D eigenvalue weighted by Gasteiger charge is 2.46. The number of nitrogens with two attached hydrogens (primary N) is 1. The molecule has 1 aromatic rings. The molecule has 0 unspecified atom stereocenters. The zero-order valence-corrected chi connectivity index (χ0v) is 13.5. The van der Waals surface area contributed by atoms with E-state index in [1.165, 1.54) is 0 Å². The quantitative estimate of drug-likeness (QED) is 0.846. The fourth-order valence-electron chi connectivity index (χ4n) is 3.93. The van der Waals surface area contributed by atoms with Crippen molar-refractivity contribution in [2.24, 2.45) is 5.73 Å². The van der Waals surface area contributed by atoms with E-state index >= 15 is 0 Å². The van der Waals surface area contributed by atoms with Crippen LogP contribution in [0.5, 0.6) is 5.75 Å². The first-order valence-electron chi connectivity index (χ1n) is 8.13. The number of carbonyl (C=O) groups excluding carboxylic acids is 2. The minimum atomic E-state index is -0.505. The van der Waals surface area contributed by atoms with E-state index in [-0.39, 0.29) is 5.91 Å². The van der Waals surface area contributed by atoms with Crippen molar-refractivity contribution in [2.45, 2.75) is 31.8 Å². The Morgan fingerprint density at radius 3 is 2.75 bits per heavy atom. The van der Waals surface area contributed by atoms with Gasteiger partial charge < -0.3 is 15.4 Å². The van der Waals surface area contributed by atoms with Gasteiger partial charge in [-0.3, -0.25) is 14.6 Å². The Bertz CT molecular complexity index is 801. The molecule has 1 aliphatic carbocycles. The molecule has 6 heteroatoms. The summed E-state index contributed by atoms with van der Waals surface area (Å²) in [7, 11) is 0. The van der Waals surface area contributed by atoms with Gasteiger partial charge in [-0.1, -0.05) is 0 Å². The summed E-state index contributed by atoms with van der Waals surface area (Å²) in [5.41, 5.74) is 8.74. The zero-order valence-electron chi connectivity index (χ0n) is 13.5. The van der Waals surface area contributed by atoms with Crippen molar-refractivity contribution in [2.75, 3.05) is 13.1 Å². The van der Waals surface area contributed by atoms with Crippen molar-refractivity contribution in [3.8, 4) is 5.75 Å². The lowest BCUT2D eigenvalue weighted by atomic mass is 9.79. The van der Waals surface area contributed by atoms with Crippen molar-refractivity contribution < 1.29 is 14.3 Å². The van der Waals surface area contributed by atoms with Gasteiger partial charge in [0.2, 0.25) is 11.8 Å². The van der Waals surface area contributed by atoms with Crippen LogP contribution in [-0.2, 0) is 9.59 Å². The highest BCUT2D eigenvalue weighted by Crippen LogP contribution is 2.50. The van der Waals surface area contributed by atoms with E-state index in [1.54, 1.807) is 19.3 Å². The van der Waals surface area contributed by atoms with Crippen molar-refractivity contribution in [3.05, 3.63) is 41.2 Å². The van der Waals surface area contributed by atoms with E-state index < -0.39 is 11.5 Å². The van der Waals surface area contributed by atoms with Gasteiger partial charge in [-0.05, 0) is 17.7 Å². The normalized spacial score (nSPS) is 21.0. The molecule has 0 radical (unpaired) electrons. The fraction of sp³-hybridized carbons (Fsp3) is 0.389. The van der Waals surface area contributed by atoms with Crippen molar-refractivity contribution in [1.29, 1.82) is 0 Å². The molecule has 24 heavy (non-hydrogen) atoms. The van der Waals surface area contributed by atoms with Crippen molar-refractivity contribution in [3.63, 3.8) is 0 Å². The largest absolute Gasteiger partial charge is 0.480 e. The van der Waals surface area contributed by atoms with Crippen LogP contribution in [0, 0.1) is 0 Å². The lowest BCUT2D eigenvalue weighted by Crippen LogP contribution is -2.51. The number of hydrogen-bond acceptors (Lipinski definition) is 4. The second kappa shape index (κ2) is 5.19. The lowest BCUT2D eigenvalue weighted by Gasteiger charge is -2.45. The molecule has 1 saturated heterocycles. The van der Waals surface area contributed by atoms with Crippen LogP contribution in [0.15, 0.2) is 35.7 Å². The Kier molecular flexibility index (Phi) is 3.23. The molecule has 1 aromatic heterocycles. The van der Waals surface area contributed by atoms with E-state index in [9.17, 15) is 9.59 Å². The first-order valence-corrected chi connectivity index (χ1v) is 8.13. The minimum absolute atomic E-state index is 0.0803. The van der Waals surface area contributed by atoms with Gasteiger partial charge in [0.05, 0.1) is 6.20 Å². The highest BCUT2D eigenvalue weighted by atomic mass is 16.5. The summed E-state index contributed by atoms with van der Waals surface area (Å²) < 4.78 is 6.38. The Morgan fingerprint density at radius 2 is 2.08 bits per heavy atom. The van der Waals surface area contributed by atoms with Crippen LogP contribution in [0.2, 0.25) is 0 Å². The van der Waals surface area contributed by atoms with Crippen LogP contribution in [-0.4, -0.2) is 40.4 Å². The molecule has 0 atom stereocenters. The monoisotopic (exact) mass is 325 g/mol. The highest BCUT2D eigenvalue weighted by molar-refractivity contribution is 5.99. The van der Waals surface area contributed by atoms with Gasteiger partial charge in [-0.25, -0.2) is 0 Å². The smallest absolute Gasteiger partial charge is 0.244 e. The third kappa shape index (κ3) is 2.13. The van der Waals surface area contributed by atoms with E-state index in [1.807, 2.05) is 17.0 Å². The molecular weight excluding hydrogens is 306 g/mol. The molecule has 4 rings (SSSR count). The number of allylic oxidation sites excluding steroid dienone is 1. The standard InChI is InChI=1S/C18H19N3O3/c1-11(22)21-6-3-18(4-7-21)15-9-12(17(19)23)8-14(15)13-2-5-20-10-16(13)24-18/h2,5,9-10H,3-4,6-8H2,1H3,(H2,19,23). The van der Waals surface area contributed by atoms with E-state index in [4.69, 9.17) is 10.5 Å². The maximum absolute atomic E-state index is 11.7. The number of fused-ring (bicyclic) bond motifs is 3. The molecule has 1 fully saturated rings. The zero-order chi connectivity index (χ0) is 16.9. The summed E-state index contributed by atoms with van der Waals surface area (Å²) in [6.07, 6.45) is 7.27. The maximum atomic E-state index is 11.7. The number of carbonyl (C=O) groups is 2. The minimum Gasteiger partial charge on any atom is -0.480 e. The third-order valence-electron chi connectivity index (χ3n) is 5.25. The summed E-state index contributed by atoms with van der Waals surface area (Å²) in [5, 5.41) is 0. The molecular formula is C18H19N3O3. The Hall–Kier alpha value is -2.63. The Labute approximate surface area is 140 Å². The van der Waals surface area contributed by atoms with Crippen LogP contribution in [0.25, 0.3) is 5.57 Å². The van der Waals surface area contributed by atoms with Crippen molar-refractivity contribution >= 4 is 17.4 Å². The number of ether oxygens (including phenoxy) is 1. The second-order valence-electron chi connectivity index (χ2n) is 6.58. The Balaban J connectivity index is 1.77. The van der Waals surface area contributed by atoms with Gasteiger partial charge in [0.25, 0.3) is 0 Å². The first-order chi connectivity index (χ1) is 11.5. The first kappa shape index (κ1) is 14.9. The van der Waals surface area contributed by atoms with Crippen LogP contribution in [0.1, 0.15) is 31.7 Å². The van der Waals surface area contributed by atoms with Gasteiger partial charge in [-0.15, -0.1) is 0 Å². The molecule has 3 heterocycles. The molecule has 2 aliphatic heterocycles. The maximum Gasteiger partial charge on any atom is 0.244 e. The number of aromatic nitrogens is 1. The number of nitrogens with zero attached hydrogens (tertiary/aromatic N) is 2. The number of amides is 2. The molecule has 3 aliphatic rings. The molecule has 2 N–H and O–H groups in total. The predicted octanol–water partition coefficient (Wildman–Crippen LogP) is 1.42. The summed E-state index contributed by atoms with van der Waals surface area (Å²) in [4.78, 5) is 29.3. The fourth-order valence-corrected chi connectivity index (χ4v) is 3.93. The number of piperidine rings is 1. The lowest BCUT2D eigenvalue weighted by molar-refractivity contribution is -0.131. The SMILES string of the molecule is CC(=O)N1CCC2(CC1)Oc1cnccc1C1=C2C=C(C(N)=O)C1. The van der Waals surface area contributed by atoms with E-state index in [2.05, 4.69) is 4.98 Å². The molecule has 124 valence electrons. The average Bonchev–Trinajstić information content (AvgIpc) is 3.02. The molecule has 1 spiro atoms. The molecule has 6 nitrogen and oxygen atoms in total. The van der Waals surface area contributed by atoms with Gasteiger partial charge in [-0.2, -0.15) is 0 Å². The molecule has 0 saturated carbocycles.